The molecule has 0 nitrogen and oxygen atoms in total. The molecule has 0 heterocycles. The van der Waals surface area contributed by atoms with Gasteiger partial charge in [0.25, 0.3) is 0 Å². The normalized spacial score (nSPS) is 28.9. The van der Waals surface area contributed by atoms with Crippen LogP contribution in [0.5, 0.6) is 0 Å². The van der Waals surface area contributed by atoms with E-state index in [1.54, 1.807) is 11.1 Å². The summed E-state index contributed by atoms with van der Waals surface area (Å²) in [6.07, 6.45) is 6.52. The highest BCUT2D eigenvalue weighted by Crippen LogP contribution is 2.52. The van der Waals surface area contributed by atoms with Crippen LogP contribution < -0.4 is 0 Å². The fourth-order valence-electron chi connectivity index (χ4n) is 3.68. The van der Waals surface area contributed by atoms with Crippen LogP contribution in [0.4, 0.5) is 0 Å². The van der Waals surface area contributed by atoms with Gasteiger partial charge in [0.05, 0.1) is 0 Å². The lowest BCUT2D eigenvalue weighted by Crippen LogP contribution is -2.29. The largest absolute Gasteiger partial charge is 0.0955 e. The highest BCUT2D eigenvalue weighted by molar-refractivity contribution is 5.43. The lowest BCUT2D eigenvalue weighted by Gasteiger charge is -2.44. The summed E-state index contributed by atoms with van der Waals surface area (Å²) >= 11 is 0. The zero-order chi connectivity index (χ0) is 11.3. The SMILES string of the molecule is C=C1CC(C)(C)CC2=C1C(C)(C)CCC2. The molecule has 0 spiro atoms. The molecular weight excluding hydrogens is 180 g/mol. The van der Waals surface area contributed by atoms with Crippen molar-refractivity contribution in [2.24, 2.45) is 10.8 Å². The summed E-state index contributed by atoms with van der Waals surface area (Å²) in [6, 6.07) is 0. The van der Waals surface area contributed by atoms with E-state index in [2.05, 4.69) is 34.3 Å². The third-order valence-electron chi connectivity index (χ3n) is 4.05. The molecule has 0 N–H and O–H groups in total. The lowest BCUT2D eigenvalue weighted by atomic mass is 9.61. The quantitative estimate of drug-likeness (QED) is 0.528. The van der Waals surface area contributed by atoms with Gasteiger partial charge in [-0.3, -0.25) is 0 Å². The second-order valence-electron chi connectivity index (χ2n) is 6.84. The molecular formula is C15H24. The Labute approximate surface area is 94.5 Å². The van der Waals surface area contributed by atoms with Crippen LogP contribution in [0.2, 0.25) is 0 Å². The molecule has 2 rings (SSSR count). The summed E-state index contributed by atoms with van der Waals surface area (Å²) in [7, 11) is 0. The minimum atomic E-state index is 0.390. The highest BCUT2D eigenvalue weighted by Gasteiger charge is 2.37. The van der Waals surface area contributed by atoms with E-state index < -0.39 is 0 Å². The fourth-order valence-corrected chi connectivity index (χ4v) is 3.68. The molecule has 0 bridgehead atoms. The second kappa shape index (κ2) is 3.23. The maximum Gasteiger partial charge on any atom is -0.0101 e. The maximum atomic E-state index is 4.33. The van der Waals surface area contributed by atoms with Gasteiger partial charge in [-0.05, 0) is 48.5 Å². The number of allylic oxidation sites excluding steroid dienone is 3. The smallest absolute Gasteiger partial charge is 0.0101 e. The van der Waals surface area contributed by atoms with Gasteiger partial charge in [0.1, 0.15) is 0 Å². The fraction of sp³-hybridized carbons (Fsp3) is 0.733. The molecule has 15 heavy (non-hydrogen) atoms. The van der Waals surface area contributed by atoms with Crippen LogP contribution in [0.15, 0.2) is 23.3 Å². The van der Waals surface area contributed by atoms with Crippen LogP contribution in [0.1, 0.15) is 59.8 Å². The van der Waals surface area contributed by atoms with Gasteiger partial charge >= 0.3 is 0 Å². The molecule has 0 heteroatoms. The predicted molar refractivity (Wildman–Crippen MR) is 66.8 cm³/mol. The Kier molecular flexibility index (Phi) is 2.37. The number of hydrogen-bond donors (Lipinski definition) is 0. The van der Waals surface area contributed by atoms with Gasteiger partial charge in [-0.15, -0.1) is 0 Å². The Morgan fingerprint density at radius 3 is 2.40 bits per heavy atom. The average Bonchev–Trinajstić information content (AvgIpc) is 1.97. The third-order valence-corrected chi connectivity index (χ3v) is 4.05. The van der Waals surface area contributed by atoms with Crippen molar-refractivity contribution in [3.63, 3.8) is 0 Å². The second-order valence-corrected chi connectivity index (χ2v) is 6.84. The summed E-state index contributed by atoms with van der Waals surface area (Å²) in [6.45, 7) is 13.9. The highest BCUT2D eigenvalue weighted by atomic mass is 14.4. The Bertz CT molecular complexity index is 326. The molecule has 0 aromatic carbocycles. The van der Waals surface area contributed by atoms with E-state index in [4.69, 9.17) is 0 Å². The molecule has 0 saturated heterocycles. The van der Waals surface area contributed by atoms with E-state index in [0.717, 1.165) is 0 Å². The molecule has 0 aromatic rings. The van der Waals surface area contributed by atoms with Crippen molar-refractivity contribution in [3.05, 3.63) is 23.3 Å². The van der Waals surface area contributed by atoms with Crippen molar-refractivity contribution in [2.45, 2.75) is 59.8 Å². The van der Waals surface area contributed by atoms with Crippen LogP contribution in [0, 0.1) is 10.8 Å². The predicted octanol–water partition coefficient (Wildman–Crippen LogP) is 4.87. The van der Waals surface area contributed by atoms with Crippen molar-refractivity contribution in [2.75, 3.05) is 0 Å². The van der Waals surface area contributed by atoms with Crippen molar-refractivity contribution < 1.29 is 0 Å². The van der Waals surface area contributed by atoms with E-state index in [1.165, 1.54) is 37.7 Å². The van der Waals surface area contributed by atoms with Crippen LogP contribution in [0.25, 0.3) is 0 Å². The molecule has 0 atom stereocenters. The first-order chi connectivity index (χ1) is 6.82. The van der Waals surface area contributed by atoms with Gasteiger partial charge < -0.3 is 0 Å². The molecule has 84 valence electrons. The topological polar surface area (TPSA) is 0 Å². The molecule has 0 fully saturated rings. The molecule has 2 aliphatic rings. The summed E-state index contributed by atoms with van der Waals surface area (Å²) < 4.78 is 0. The molecule has 0 unspecified atom stereocenters. The molecule has 0 aromatic heterocycles. The van der Waals surface area contributed by atoms with Crippen molar-refractivity contribution in [1.82, 2.24) is 0 Å². The van der Waals surface area contributed by atoms with Crippen LogP contribution >= 0.6 is 0 Å². The first-order valence-corrected chi connectivity index (χ1v) is 6.22. The van der Waals surface area contributed by atoms with E-state index in [-0.39, 0.29) is 0 Å². The minimum absolute atomic E-state index is 0.390. The molecule has 0 aliphatic heterocycles. The van der Waals surface area contributed by atoms with E-state index in [0.29, 0.717) is 10.8 Å². The van der Waals surface area contributed by atoms with Crippen LogP contribution in [-0.2, 0) is 0 Å². The standard InChI is InChI=1S/C15H24/c1-11-9-14(2,3)10-12-7-6-8-15(4,5)13(11)12/h1,6-10H2,2-5H3. The molecule has 0 amide bonds. The number of hydrogen-bond acceptors (Lipinski definition) is 0. The van der Waals surface area contributed by atoms with Crippen molar-refractivity contribution in [1.29, 1.82) is 0 Å². The van der Waals surface area contributed by atoms with Gasteiger partial charge in [0.15, 0.2) is 0 Å². The van der Waals surface area contributed by atoms with Crippen LogP contribution in [-0.4, -0.2) is 0 Å². The van der Waals surface area contributed by atoms with E-state index in [1.807, 2.05) is 0 Å². The van der Waals surface area contributed by atoms with Crippen molar-refractivity contribution in [3.8, 4) is 0 Å². The number of rotatable bonds is 0. The Morgan fingerprint density at radius 1 is 1.07 bits per heavy atom. The van der Waals surface area contributed by atoms with E-state index in [9.17, 15) is 0 Å². The van der Waals surface area contributed by atoms with Crippen LogP contribution in [0.3, 0.4) is 0 Å². The third kappa shape index (κ3) is 1.91. The monoisotopic (exact) mass is 204 g/mol. The first kappa shape index (κ1) is 11.0. The zero-order valence-corrected chi connectivity index (χ0v) is 10.7. The van der Waals surface area contributed by atoms with Gasteiger partial charge in [-0.2, -0.15) is 0 Å². The molecule has 2 aliphatic carbocycles. The molecule has 0 saturated carbocycles. The van der Waals surface area contributed by atoms with Gasteiger partial charge in [-0.1, -0.05) is 45.4 Å². The Morgan fingerprint density at radius 2 is 1.73 bits per heavy atom. The summed E-state index contributed by atoms with van der Waals surface area (Å²) in [5.41, 5.74) is 5.61. The van der Waals surface area contributed by atoms with Gasteiger partial charge in [0, 0.05) is 0 Å². The van der Waals surface area contributed by atoms with E-state index >= 15 is 0 Å². The van der Waals surface area contributed by atoms with Gasteiger partial charge in [-0.25, -0.2) is 0 Å². The lowest BCUT2D eigenvalue weighted by molar-refractivity contribution is 0.290. The summed E-state index contributed by atoms with van der Waals surface area (Å²) in [5.74, 6) is 0. The zero-order valence-electron chi connectivity index (χ0n) is 10.7. The minimum Gasteiger partial charge on any atom is -0.0955 e. The Hall–Kier alpha value is -0.520. The summed E-state index contributed by atoms with van der Waals surface area (Å²) in [4.78, 5) is 0. The first-order valence-electron chi connectivity index (χ1n) is 6.22. The summed E-state index contributed by atoms with van der Waals surface area (Å²) in [5, 5.41) is 0. The molecule has 0 radical (unpaired) electrons. The average molecular weight is 204 g/mol. The van der Waals surface area contributed by atoms with Gasteiger partial charge in [0.2, 0.25) is 0 Å². The van der Waals surface area contributed by atoms with Crippen molar-refractivity contribution >= 4 is 0 Å². The Balaban J connectivity index is 2.44. The maximum absolute atomic E-state index is 4.33.